The summed E-state index contributed by atoms with van der Waals surface area (Å²) >= 11 is 3.37. The molecule has 9 heteroatoms. The van der Waals surface area contributed by atoms with Crippen LogP contribution in [-0.4, -0.2) is 43.2 Å². The van der Waals surface area contributed by atoms with Crippen molar-refractivity contribution in [1.29, 1.82) is 0 Å². The first-order chi connectivity index (χ1) is 11.1. The quantitative estimate of drug-likeness (QED) is 0.699. The average Bonchev–Trinajstić information content (AvgIpc) is 3.09. The van der Waals surface area contributed by atoms with Crippen LogP contribution in [0.1, 0.15) is 18.2 Å². The van der Waals surface area contributed by atoms with E-state index < -0.39 is 6.10 Å². The van der Waals surface area contributed by atoms with Gasteiger partial charge in [-0.1, -0.05) is 0 Å². The summed E-state index contributed by atoms with van der Waals surface area (Å²) in [4.78, 5) is 4.11. The molecule has 0 fully saturated rings. The van der Waals surface area contributed by atoms with Crippen molar-refractivity contribution in [3.63, 3.8) is 0 Å². The Morgan fingerprint density at radius 2 is 2.26 bits per heavy atom. The highest BCUT2D eigenvalue weighted by molar-refractivity contribution is 9.10. The van der Waals surface area contributed by atoms with Gasteiger partial charge >= 0.3 is 0 Å². The highest BCUT2D eigenvalue weighted by Gasteiger charge is 2.16. The molecule has 3 rings (SSSR count). The Morgan fingerprint density at radius 1 is 1.43 bits per heavy atom. The van der Waals surface area contributed by atoms with Crippen molar-refractivity contribution in [2.24, 2.45) is 7.05 Å². The van der Waals surface area contributed by atoms with Gasteiger partial charge in [0, 0.05) is 31.9 Å². The van der Waals surface area contributed by atoms with E-state index in [9.17, 15) is 5.11 Å². The maximum absolute atomic E-state index is 10.2. The molecular formula is C14H16BrN5O3. The zero-order valence-corrected chi connectivity index (χ0v) is 14.3. The number of hydrogen-bond acceptors (Lipinski definition) is 6. The third kappa shape index (κ3) is 3.15. The molecule has 1 unspecified atom stereocenters. The number of nitrogens with zero attached hydrogens (tertiary/aromatic N) is 5. The Hall–Kier alpha value is -2.13. The third-order valence-corrected chi connectivity index (χ3v) is 4.03. The molecule has 0 radical (unpaired) electrons. The standard InChI is InChI=1S/C14H16BrN5O3/c1-19-13(9(15)8-17-19)11(21)3-6-23-12-7-10-14(22-2)16-4-5-20(10)18-12/h4-5,7-8,11,21H,3,6H2,1-2H3. The van der Waals surface area contributed by atoms with Crippen LogP contribution in [0.4, 0.5) is 0 Å². The molecule has 0 saturated heterocycles. The SMILES string of the molecule is COc1nccn2nc(OCCC(O)c3c(Br)cnn3C)cc12. The van der Waals surface area contributed by atoms with Gasteiger partial charge in [0.1, 0.15) is 5.52 Å². The van der Waals surface area contributed by atoms with Crippen LogP contribution in [-0.2, 0) is 7.05 Å². The second kappa shape index (κ2) is 6.55. The van der Waals surface area contributed by atoms with E-state index in [4.69, 9.17) is 9.47 Å². The van der Waals surface area contributed by atoms with E-state index in [1.54, 1.807) is 48.0 Å². The molecule has 0 bridgehead atoms. The first-order valence-corrected chi connectivity index (χ1v) is 7.76. The first kappa shape index (κ1) is 15.8. The lowest BCUT2D eigenvalue weighted by atomic mass is 10.2. The van der Waals surface area contributed by atoms with E-state index >= 15 is 0 Å². The van der Waals surface area contributed by atoms with Crippen molar-refractivity contribution in [3.8, 4) is 11.8 Å². The Bertz CT molecular complexity index is 796. The number of aliphatic hydroxyl groups is 1. The van der Waals surface area contributed by atoms with E-state index in [0.29, 0.717) is 24.8 Å². The summed E-state index contributed by atoms with van der Waals surface area (Å²) in [5.41, 5.74) is 1.44. The third-order valence-electron chi connectivity index (χ3n) is 3.42. The fraction of sp³-hybridized carbons (Fsp3) is 0.357. The Labute approximate surface area is 140 Å². The van der Waals surface area contributed by atoms with Gasteiger partial charge in [0.2, 0.25) is 11.8 Å². The molecule has 0 amide bonds. The van der Waals surface area contributed by atoms with Crippen LogP contribution >= 0.6 is 15.9 Å². The Morgan fingerprint density at radius 3 is 2.96 bits per heavy atom. The predicted molar refractivity (Wildman–Crippen MR) is 85.5 cm³/mol. The maximum Gasteiger partial charge on any atom is 0.239 e. The maximum atomic E-state index is 10.2. The van der Waals surface area contributed by atoms with Crippen LogP contribution in [0.2, 0.25) is 0 Å². The molecule has 3 aromatic rings. The van der Waals surface area contributed by atoms with Crippen LogP contribution in [0.5, 0.6) is 11.8 Å². The van der Waals surface area contributed by atoms with Crippen molar-refractivity contribution in [2.45, 2.75) is 12.5 Å². The second-order valence-corrected chi connectivity index (χ2v) is 5.76. The van der Waals surface area contributed by atoms with E-state index in [0.717, 1.165) is 15.7 Å². The summed E-state index contributed by atoms with van der Waals surface area (Å²) in [5.74, 6) is 0.932. The van der Waals surface area contributed by atoms with E-state index in [1.807, 2.05) is 0 Å². The van der Waals surface area contributed by atoms with Crippen molar-refractivity contribution < 1.29 is 14.6 Å². The number of fused-ring (bicyclic) bond motifs is 1. The number of methoxy groups -OCH3 is 1. The fourth-order valence-corrected chi connectivity index (χ4v) is 2.92. The first-order valence-electron chi connectivity index (χ1n) is 6.96. The zero-order valence-electron chi connectivity index (χ0n) is 12.7. The highest BCUT2D eigenvalue weighted by Crippen LogP contribution is 2.25. The van der Waals surface area contributed by atoms with Gasteiger partial charge in [-0.05, 0) is 15.9 Å². The molecule has 0 saturated carbocycles. The lowest BCUT2D eigenvalue weighted by Gasteiger charge is -2.11. The van der Waals surface area contributed by atoms with Crippen molar-refractivity contribution in [3.05, 3.63) is 34.8 Å². The van der Waals surface area contributed by atoms with Gasteiger partial charge in [0.15, 0.2) is 0 Å². The van der Waals surface area contributed by atoms with Crippen LogP contribution < -0.4 is 9.47 Å². The summed E-state index contributed by atoms with van der Waals surface area (Å²) in [5, 5.41) is 18.6. The summed E-state index contributed by atoms with van der Waals surface area (Å²) in [6.45, 7) is 0.318. The fourth-order valence-electron chi connectivity index (χ4n) is 2.31. The molecule has 23 heavy (non-hydrogen) atoms. The molecule has 0 aromatic carbocycles. The normalized spacial score (nSPS) is 12.5. The number of rotatable bonds is 6. The minimum atomic E-state index is -0.676. The molecular weight excluding hydrogens is 366 g/mol. The van der Waals surface area contributed by atoms with Gasteiger partial charge in [0.25, 0.3) is 0 Å². The summed E-state index contributed by atoms with van der Waals surface area (Å²) in [6.07, 6.45) is 4.71. The van der Waals surface area contributed by atoms with Gasteiger partial charge in [-0.15, -0.1) is 5.10 Å². The zero-order chi connectivity index (χ0) is 16.4. The van der Waals surface area contributed by atoms with Gasteiger partial charge in [0.05, 0.1) is 36.2 Å². The van der Waals surface area contributed by atoms with Crippen LogP contribution in [0.15, 0.2) is 29.1 Å². The van der Waals surface area contributed by atoms with Crippen LogP contribution in [0.3, 0.4) is 0 Å². The molecule has 0 aliphatic heterocycles. The molecule has 0 aliphatic rings. The predicted octanol–water partition coefficient (Wildman–Crippen LogP) is 1.74. The van der Waals surface area contributed by atoms with E-state index in [1.165, 1.54) is 0 Å². The second-order valence-electron chi connectivity index (χ2n) is 4.90. The number of aliphatic hydroxyl groups excluding tert-OH is 1. The summed E-state index contributed by atoms with van der Waals surface area (Å²) in [7, 11) is 3.34. The highest BCUT2D eigenvalue weighted by atomic mass is 79.9. The topological polar surface area (TPSA) is 86.7 Å². The number of aryl methyl sites for hydroxylation is 1. The minimum absolute atomic E-state index is 0.318. The van der Waals surface area contributed by atoms with E-state index in [-0.39, 0.29) is 0 Å². The van der Waals surface area contributed by atoms with Crippen molar-refractivity contribution >= 4 is 21.4 Å². The molecule has 3 heterocycles. The van der Waals surface area contributed by atoms with Gasteiger partial charge in [-0.25, -0.2) is 9.50 Å². The molecule has 8 nitrogen and oxygen atoms in total. The monoisotopic (exact) mass is 381 g/mol. The minimum Gasteiger partial charge on any atom is -0.479 e. The number of ether oxygens (including phenoxy) is 2. The summed E-state index contributed by atoms with van der Waals surface area (Å²) in [6, 6.07) is 1.75. The Balaban J connectivity index is 1.65. The Kier molecular flexibility index (Phi) is 4.49. The van der Waals surface area contributed by atoms with Crippen LogP contribution in [0, 0.1) is 0 Å². The van der Waals surface area contributed by atoms with Gasteiger partial charge in [-0.3, -0.25) is 4.68 Å². The molecule has 0 spiro atoms. The molecule has 3 aromatic heterocycles. The molecule has 0 aliphatic carbocycles. The largest absolute Gasteiger partial charge is 0.479 e. The van der Waals surface area contributed by atoms with Crippen molar-refractivity contribution in [1.82, 2.24) is 24.4 Å². The van der Waals surface area contributed by atoms with Gasteiger partial charge < -0.3 is 14.6 Å². The average molecular weight is 382 g/mol. The molecule has 122 valence electrons. The molecule has 1 N–H and O–H groups in total. The van der Waals surface area contributed by atoms with Crippen LogP contribution in [0.25, 0.3) is 5.52 Å². The number of halogens is 1. The van der Waals surface area contributed by atoms with Gasteiger partial charge in [-0.2, -0.15) is 5.10 Å². The van der Waals surface area contributed by atoms with Crippen molar-refractivity contribution in [2.75, 3.05) is 13.7 Å². The molecule has 1 atom stereocenters. The number of hydrogen-bond donors (Lipinski definition) is 1. The lowest BCUT2D eigenvalue weighted by Crippen LogP contribution is -2.10. The van der Waals surface area contributed by atoms with E-state index in [2.05, 4.69) is 31.1 Å². The lowest BCUT2D eigenvalue weighted by molar-refractivity contribution is 0.131. The number of aromatic nitrogens is 5. The smallest absolute Gasteiger partial charge is 0.239 e. The summed E-state index contributed by atoms with van der Waals surface area (Å²) < 4.78 is 14.8.